The molecule has 1 atom stereocenters. The molecule has 0 saturated carbocycles. The number of carbonyl (C=O) groups is 1. The molecule has 156 valence electrons. The van der Waals surface area contributed by atoms with Gasteiger partial charge in [0.15, 0.2) is 0 Å². The van der Waals surface area contributed by atoms with Crippen molar-refractivity contribution in [1.82, 2.24) is 15.1 Å². The van der Waals surface area contributed by atoms with E-state index in [1.54, 1.807) is 7.11 Å². The van der Waals surface area contributed by atoms with Crippen LogP contribution < -0.4 is 5.32 Å². The highest BCUT2D eigenvalue weighted by molar-refractivity contribution is 5.85. The summed E-state index contributed by atoms with van der Waals surface area (Å²) < 4.78 is 5.02. The van der Waals surface area contributed by atoms with Crippen LogP contribution in [0.15, 0.2) is 30.3 Å². The molecule has 0 bridgehead atoms. The van der Waals surface area contributed by atoms with Crippen LogP contribution in [0.3, 0.4) is 0 Å². The Hall–Kier alpha value is -0.850. The zero-order valence-corrected chi connectivity index (χ0v) is 18.2. The molecule has 0 aromatic heterocycles. The first-order valence-electron chi connectivity index (χ1n) is 9.50. The number of hydrogen-bond donors (Lipinski definition) is 1. The molecule has 1 aromatic rings. The molecule has 7 heteroatoms. The van der Waals surface area contributed by atoms with E-state index in [0.717, 1.165) is 45.4 Å². The van der Waals surface area contributed by atoms with Crippen LogP contribution in [0, 0.1) is 0 Å². The lowest BCUT2D eigenvalue weighted by Crippen LogP contribution is -2.52. The smallest absolute Gasteiger partial charge is 0.236 e. The molecule has 0 spiro atoms. The van der Waals surface area contributed by atoms with E-state index >= 15 is 0 Å². The molecule has 2 rings (SSSR count). The van der Waals surface area contributed by atoms with Crippen molar-refractivity contribution >= 4 is 30.7 Å². The van der Waals surface area contributed by atoms with Crippen LogP contribution in [0.2, 0.25) is 0 Å². The summed E-state index contributed by atoms with van der Waals surface area (Å²) in [5, 5.41) is 3.19. The number of hydrogen-bond acceptors (Lipinski definition) is 4. The highest BCUT2D eigenvalue weighted by Crippen LogP contribution is 2.18. The molecule has 27 heavy (non-hydrogen) atoms. The Morgan fingerprint density at radius 1 is 1.30 bits per heavy atom. The van der Waals surface area contributed by atoms with Crippen LogP contribution >= 0.6 is 24.8 Å². The van der Waals surface area contributed by atoms with E-state index in [-0.39, 0.29) is 30.7 Å². The number of nitrogens with zero attached hydrogens (tertiary/aromatic N) is 2. The molecular formula is C20H35Cl2N3O2. The number of likely N-dealkylation sites (tertiary alicyclic amines) is 1. The molecule has 1 fully saturated rings. The molecular weight excluding hydrogens is 385 g/mol. The van der Waals surface area contributed by atoms with Crippen molar-refractivity contribution in [2.45, 2.75) is 38.8 Å². The Bertz CT molecular complexity index is 505. The van der Waals surface area contributed by atoms with Crippen LogP contribution in [-0.2, 0) is 16.1 Å². The van der Waals surface area contributed by atoms with E-state index in [1.807, 2.05) is 0 Å². The van der Waals surface area contributed by atoms with Crippen molar-refractivity contribution in [2.24, 2.45) is 0 Å². The maximum absolute atomic E-state index is 12.7. The van der Waals surface area contributed by atoms with E-state index in [4.69, 9.17) is 4.74 Å². The number of rotatable bonds is 10. The van der Waals surface area contributed by atoms with E-state index < -0.39 is 0 Å². The molecule has 0 aliphatic carbocycles. The minimum absolute atomic E-state index is 0. The van der Waals surface area contributed by atoms with Crippen molar-refractivity contribution < 1.29 is 9.53 Å². The Morgan fingerprint density at radius 3 is 2.70 bits per heavy atom. The van der Waals surface area contributed by atoms with Crippen molar-refractivity contribution in [3.8, 4) is 0 Å². The summed E-state index contributed by atoms with van der Waals surface area (Å²) >= 11 is 0. The Kier molecular flexibility index (Phi) is 14.6. The lowest BCUT2D eigenvalue weighted by Gasteiger charge is -2.39. The summed E-state index contributed by atoms with van der Waals surface area (Å²) in [5.74, 6) is 0.213. The fraction of sp³-hybridized carbons (Fsp3) is 0.650. The van der Waals surface area contributed by atoms with Crippen molar-refractivity contribution in [3.63, 3.8) is 0 Å². The van der Waals surface area contributed by atoms with E-state index in [1.165, 1.54) is 5.56 Å². The zero-order valence-electron chi connectivity index (χ0n) is 16.6. The van der Waals surface area contributed by atoms with E-state index in [2.05, 4.69) is 52.4 Å². The maximum Gasteiger partial charge on any atom is 0.236 e. The minimum Gasteiger partial charge on any atom is -0.383 e. The molecule has 0 radical (unpaired) electrons. The predicted molar refractivity (Wildman–Crippen MR) is 116 cm³/mol. The van der Waals surface area contributed by atoms with E-state index in [0.29, 0.717) is 25.7 Å². The first-order chi connectivity index (χ1) is 12.2. The van der Waals surface area contributed by atoms with Gasteiger partial charge in [-0.15, -0.1) is 24.8 Å². The topological polar surface area (TPSA) is 44.8 Å². The number of carbonyl (C=O) groups excluding carboxylic acids is 1. The van der Waals surface area contributed by atoms with Gasteiger partial charge in [-0.1, -0.05) is 37.3 Å². The number of piperidine rings is 1. The van der Waals surface area contributed by atoms with Crippen molar-refractivity contribution in [3.05, 3.63) is 35.9 Å². The first kappa shape index (κ1) is 26.1. The number of halogens is 2. The summed E-state index contributed by atoms with van der Waals surface area (Å²) in [6.07, 6.45) is 3.26. The van der Waals surface area contributed by atoms with Gasteiger partial charge in [0, 0.05) is 39.3 Å². The van der Waals surface area contributed by atoms with Crippen LogP contribution in [0.4, 0.5) is 0 Å². The van der Waals surface area contributed by atoms with E-state index in [9.17, 15) is 4.79 Å². The molecule has 1 heterocycles. The number of benzene rings is 1. The van der Waals surface area contributed by atoms with Gasteiger partial charge >= 0.3 is 0 Å². The largest absolute Gasteiger partial charge is 0.383 e. The highest BCUT2D eigenvalue weighted by Gasteiger charge is 2.27. The third-order valence-electron chi connectivity index (χ3n) is 4.71. The standard InChI is InChI=1S/C20H33N3O2.2ClH/c1-3-12-23(20(24)15-21-11-14-25-2)19-10-7-13-22(17-19)16-18-8-5-4-6-9-18;;/h4-6,8-9,19,21H,3,7,10-17H2,1-2H3;2*1H. The molecule has 1 saturated heterocycles. The zero-order chi connectivity index (χ0) is 17.9. The SMILES string of the molecule is CCCN(C(=O)CNCCOC)C1CCCN(Cc2ccccc2)C1.Cl.Cl. The average Bonchev–Trinajstić information content (AvgIpc) is 2.64. The maximum atomic E-state index is 12.7. The predicted octanol–water partition coefficient (Wildman–Crippen LogP) is 2.97. The van der Waals surface area contributed by atoms with Gasteiger partial charge in [0.05, 0.1) is 13.2 Å². The molecule has 1 aromatic carbocycles. The van der Waals surface area contributed by atoms with Gasteiger partial charge in [0.1, 0.15) is 0 Å². The second-order valence-corrected chi connectivity index (χ2v) is 6.77. The molecule has 1 amide bonds. The molecule has 1 aliphatic heterocycles. The normalized spacial score (nSPS) is 16.9. The molecule has 1 unspecified atom stereocenters. The monoisotopic (exact) mass is 419 g/mol. The summed E-state index contributed by atoms with van der Waals surface area (Å²) in [4.78, 5) is 17.2. The minimum atomic E-state index is 0. The number of methoxy groups -OCH3 is 1. The second-order valence-electron chi connectivity index (χ2n) is 6.77. The van der Waals surface area contributed by atoms with Gasteiger partial charge in [-0.2, -0.15) is 0 Å². The van der Waals surface area contributed by atoms with Crippen LogP contribution in [-0.4, -0.2) is 68.2 Å². The van der Waals surface area contributed by atoms with Crippen molar-refractivity contribution in [1.29, 1.82) is 0 Å². The number of nitrogens with one attached hydrogen (secondary N) is 1. The summed E-state index contributed by atoms with van der Waals surface area (Å²) in [5.41, 5.74) is 1.35. The average molecular weight is 420 g/mol. The Morgan fingerprint density at radius 2 is 2.04 bits per heavy atom. The fourth-order valence-corrected chi connectivity index (χ4v) is 3.49. The van der Waals surface area contributed by atoms with Gasteiger partial charge in [-0.3, -0.25) is 9.69 Å². The summed E-state index contributed by atoms with van der Waals surface area (Å²) in [7, 11) is 1.68. The number of amides is 1. The second kappa shape index (κ2) is 15.1. The van der Waals surface area contributed by atoms with Gasteiger partial charge in [0.25, 0.3) is 0 Å². The lowest BCUT2D eigenvalue weighted by molar-refractivity contribution is -0.133. The van der Waals surface area contributed by atoms with Crippen LogP contribution in [0.1, 0.15) is 31.7 Å². The fourth-order valence-electron chi connectivity index (χ4n) is 3.49. The third-order valence-corrected chi connectivity index (χ3v) is 4.71. The van der Waals surface area contributed by atoms with Crippen LogP contribution in [0.5, 0.6) is 0 Å². The Labute approximate surface area is 176 Å². The Balaban J connectivity index is 0.00000338. The van der Waals surface area contributed by atoms with Gasteiger partial charge in [-0.25, -0.2) is 0 Å². The van der Waals surface area contributed by atoms with Crippen LogP contribution in [0.25, 0.3) is 0 Å². The third kappa shape index (κ3) is 9.26. The summed E-state index contributed by atoms with van der Waals surface area (Å²) in [6, 6.07) is 10.9. The lowest BCUT2D eigenvalue weighted by atomic mass is 10.0. The molecule has 5 nitrogen and oxygen atoms in total. The van der Waals surface area contributed by atoms with Gasteiger partial charge in [-0.05, 0) is 31.4 Å². The first-order valence-corrected chi connectivity index (χ1v) is 9.50. The van der Waals surface area contributed by atoms with Gasteiger partial charge in [0.2, 0.25) is 5.91 Å². The van der Waals surface area contributed by atoms with Crippen molar-refractivity contribution in [2.75, 3.05) is 46.4 Å². The summed E-state index contributed by atoms with van der Waals surface area (Å²) in [6.45, 7) is 7.79. The number of ether oxygens (including phenoxy) is 1. The quantitative estimate of drug-likeness (QED) is 0.592. The van der Waals surface area contributed by atoms with Gasteiger partial charge < -0.3 is 15.0 Å². The highest BCUT2D eigenvalue weighted by atomic mass is 35.5. The molecule has 1 N–H and O–H groups in total. The molecule has 1 aliphatic rings.